The Morgan fingerprint density at radius 1 is 1.53 bits per heavy atom. The molecule has 2 N–H and O–H groups in total. The van der Waals surface area contributed by atoms with Crippen LogP contribution in [-0.2, 0) is 4.79 Å². The van der Waals surface area contributed by atoms with Crippen molar-refractivity contribution in [1.29, 1.82) is 0 Å². The van der Waals surface area contributed by atoms with Crippen molar-refractivity contribution < 1.29 is 9.18 Å². The zero-order valence-electron chi connectivity index (χ0n) is 9.90. The first kappa shape index (κ1) is 12.0. The first-order chi connectivity index (χ1) is 8.08. The number of nitrogens with two attached hydrogens (primary N) is 1. The maximum Gasteiger partial charge on any atom is 0.222 e. The molecule has 0 saturated carbocycles. The molecule has 2 atom stereocenters. The lowest BCUT2D eigenvalue weighted by Crippen LogP contribution is -2.33. The summed E-state index contributed by atoms with van der Waals surface area (Å²) in [6.07, 6.45) is 0.573. The SMILES string of the molecule is CC1CC(=O)N(CC(N)c2ccccc2F)C1. The average Bonchev–Trinajstić information content (AvgIpc) is 2.58. The Labute approximate surface area is 100 Å². The van der Waals surface area contributed by atoms with E-state index in [0.29, 0.717) is 24.4 Å². The van der Waals surface area contributed by atoms with Crippen LogP contribution in [0.2, 0.25) is 0 Å². The highest BCUT2D eigenvalue weighted by molar-refractivity contribution is 5.78. The fourth-order valence-electron chi connectivity index (χ4n) is 2.26. The third kappa shape index (κ3) is 2.64. The predicted octanol–water partition coefficient (Wildman–Crippen LogP) is 1.69. The molecule has 1 fully saturated rings. The molecule has 1 heterocycles. The Bertz CT molecular complexity index is 422. The van der Waals surface area contributed by atoms with Crippen LogP contribution in [0.15, 0.2) is 24.3 Å². The van der Waals surface area contributed by atoms with E-state index in [1.165, 1.54) is 6.07 Å². The number of amides is 1. The first-order valence-electron chi connectivity index (χ1n) is 5.85. The molecule has 2 unspecified atom stereocenters. The minimum Gasteiger partial charge on any atom is -0.341 e. The van der Waals surface area contributed by atoms with Crippen molar-refractivity contribution in [3.05, 3.63) is 35.6 Å². The van der Waals surface area contributed by atoms with Crippen molar-refractivity contribution in [3.63, 3.8) is 0 Å². The van der Waals surface area contributed by atoms with Crippen molar-refractivity contribution in [2.45, 2.75) is 19.4 Å². The van der Waals surface area contributed by atoms with Gasteiger partial charge in [0, 0.05) is 25.1 Å². The standard InChI is InChI=1S/C13H17FN2O/c1-9-6-13(17)16(7-9)8-12(15)10-4-2-3-5-11(10)14/h2-5,9,12H,6-8,15H2,1H3. The Hall–Kier alpha value is -1.42. The topological polar surface area (TPSA) is 46.3 Å². The predicted molar refractivity (Wildman–Crippen MR) is 63.7 cm³/mol. The van der Waals surface area contributed by atoms with Crippen LogP contribution in [0, 0.1) is 11.7 Å². The zero-order chi connectivity index (χ0) is 12.4. The molecule has 1 amide bonds. The lowest BCUT2D eigenvalue weighted by Gasteiger charge is -2.21. The summed E-state index contributed by atoms with van der Waals surface area (Å²) in [5, 5.41) is 0. The number of nitrogens with zero attached hydrogens (tertiary/aromatic N) is 1. The van der Waals surface area contributed by atoms with E-state index in [4.69, 9.17) is 5.73 Å². The molecule has 3 nitrogen and oxygen atoms in total. The zero-order valence-corrected chi connectivity index (χ0v) is 9.90. The molecule has 1 saturated heterocycles. The van der Waals surface area contributed by atoms with Gasteiger partial charge in [0.1, 0.15) is 5.82 Å². The molecule has 0 spiro atoms. The van der Waals surface area contributed by atoms with Gasteiger partial charge in [-0.25, -0.2) is 4.39 Å². The summed E-state index contributed by atoms with van der Waals surface area (Å²) in [4.78, 5) is 13.3. The van der Waals surface area contributed by atoms with Crippen LogP contribution < -0.4 is 5.73 Å². The van der Waals surface area contributed by atoms with Crippen molar-refractivity contribution in [2.24, 2.45) is 11.7 Å². The van der Waals surface area contributed by atoms with Crippen LogP contribution in [-0.4, -0.2) is 23.9 Å². The van der Waals surface area contributed by atoms with Crippen molar-refractivity contribution in [3.8, 4) is 0 Å². The van der Waals surface area contributed by atoms with Gasteiger partial charge in [-0.1, -0.05) is 25.1 Å². The monoisotopic (exact) mass is 236 g/mol. The molecule has 1 aromatic carbocycles. The van der Waals surface area contributed by atoms with Crippen molar-refractivity contribution in [2.75, 3.05) is 13.1 Å². The summed E-state index contributed by atoms with van der Waals surface area (Å²) < 4.78 is 13.5. The molecule has 1 aliphatic heterocycles. The summed E-state index contributed by atoms with van der Waals surface area (Å²) >= 11 is 0. The minimum absolute atomic E-state index is 0.115. The number of carbonyl (C=O) groups is 1. The van der Waals surface area contributed by atoms with E-state index < -0.39 is 6.04 Å². The van der Waals surface area contributed by atoms with Gasteiger partial charge in [-0.3, -0.25) is 4.79 Å². The van der Waals surface area contributed by atoms with Crippen LogP contribution in [0.3, 0.4) is 0 Å². The molecular formula is C13H17FN2O. The molecule has 1 aromatic rings. The fraction of sp³-hybridized carbons (Fsp3) is 0.462. The summed E-state index contributed by atoms with van der Waals surface area (Å²) in [5.74, 6) is 0.180. The van der Waals surface area contributed by atoms with Crippen molar-refractivity contribution >= 4 is 5.91 Å². The number of hydrogen-bond donors (Lipinski definition) is 1. The lowest BCUT2D eigenvalue weighted by molar-refractivity contribution is -0.127. The molecule has 1 aliphatic rings. The number of likely N-dealkylation sites (tertiary alicyclic amines) is 1. The molecule has 92 valence electrons. The summed E-state index contributed by atoms with van der Waals surface area (Å²) in [6.45, 7) is 3.15. The van der Waals surface area contributed by atoms with Crippen LogP contribution in [0.5, 0.6) is 0 Å². The second kappa shape index (κ2) is 4.84. The van der Waals surface area contributed by atoms with E-state index in [0.717, 1.165) is 6.54 Å². The highest BCUT2D eigenvalue weighted by Gasteiger charge is 2.28. The molecule has 0 bridgehead atoms. The maximum atomic E-state index is 13.5. The van der Waals surface area contributed by atoms with E-state index >= 15 is 0 Å². The van der Waals surface area contributed by atoms with Gasteiger partial charge in [0.15, 0.2) is 0 Å². The molecule has 0 aromatic heterocycles. The van der Waals surface area contributed by atoms with Gasteiger partial charge in [-0.2, -0.15) is 0 Å². The number of hydrogen-bond acceptors (Lipinski definition) is 2. The van der Waals surface area contributed by atoms with Gasteiger partial charge < -0.3 is 10.6 Å². The van der Waals surface area contributed by atoms with Crippen LogP contribution in [0.1, 0.15) is 24.9 Å². The molecule has 0 radical (unpaired) electrons. The Balaban J connectivity index is 2.05. The third-order valence-electron chi connectivity index (χ3n) is 3.13. The molecule has 0 aliphatic carbocycles. The van der Waals surface area contributed by atoms with Crippen LogP contribution >= 0.6 is 0 Å². The smallest absolute Gasteiger partial charge is 0.222 e. The fourth-order valence-corrected chi connectivity index (χ4v) is 2.26. The van der Waals surface area contributed by atoms with E-state index in [2.05, 4.69) is 0 Å². The minimum atomic E-state index is -0.453. The van der Waals surface area contributed by atoms with Gasteiger partial charge in [0.2, 0.25) is 5.91 Å². The second-order valence-corrected chi connectivity index (χ2v) is 4.74. The average molecular weight is 236 g/mol. The van der Waals surface area contributed by atoms with Gasteiger partial charge >= 0.3 is 0 Å². The molecule has 2 rings (SSSR count). The van der Waals surface area contributed by atoms with Gasteiger partial charge in [-0.05, 0) is 12.0 Å². The maximum absolute atomic E-state index is 13.5. The van der Waals surface area contributed by atoms with Crippen molar-refractivity contribution in [1.82, 2.24) is 4.90 Å². The number of halogens is 1. The Morgan fingerprint density at radius 2 is 2.24 bits per heavy atom. The molecule has 4 heteroatoms. The normalized spacial score (nSPS) is 21.9. The van der Waals surface area contributed by atoms with Crippen LogP contribution in [0.4, 0.5) is 4.39 Å². The van der Waals surface area contributed by atoms with E-state index in [-0.39, 0.29) is 11.7 Å². The first-order valence-corrected chi connectivity index (χ1v) is 5.85. The highest BCUT2D eigenvalue weighted by Crippen LogP contribution is 2.21. The Morgan fingerprint density at radius 3 is 2.82 bits per heavy atom. The third-order valence-corrected chi connectivity index (χ3v) is 3.13. The second-order valence-electron chi connectivity index (χ2n) is 4.74. The lowest BCUT2D eigenvalue weighted by atomic mass is 10.1. The molecule has 17 heavy (non-hydrogen) atoms. The number of benzene rings is 1. The van der Waals surface area contributed by atoms with E-state index in [1.54, 1.807) is 23.1 Å². The quantitative estimate of drug-likeness (QED) is 0.868. The number of rotatable bonds is 3. The summed E-state index contributed by atoms with van der Waals surface area (Å²) in [6, 6.07) is 6.00. The van der Waals surface area contributed by atoms with Gasteiger partial charge in [0.05, 0.1) is 6.04 Å². The summed E-state index contributed by atoms with van der Waals surface area (Å²) in [7, 11) is 0. The van der Waals surface area contributed by atoms with E-state index in [1.807, 2.05) is 6.92 Å². The largest absolute Gasteiger partial charge is 0.341 e. The highest BCUT2D eigenvalue weighted by atomic mass is 19.1. The van der Waals surface area contributed by atoms with E-state index in [9.17, 15) is 9.18 Å². The van der Waals surface area contributed by atoms with Gasteiger partial charge in [0.25, 0.3) is 0 Å². The van der Waals surface area contributed by atoms with Gasteiger partial charge in [-0.15, -0.1) is 0 Å². The molecular weight excluding hydrogens is 219 g/mol. The number of carbonyl (C=O) groups excluding carboxylic acids is 1. The summed E-state index contributed by atoms with van der Waals surface area (Å²) in [5.41, 5.74) is 6.42. The van der Waals surface area contributed by atoms with Crippen LogP contribution in [0.25, 0.3) is 0 Å². The Kier molecular flexibility index (Phi) is 3.43.